The van der Waals surface area contributed by atoms with Crippen molar-refractivity contribution in [1.82, 2.24) is 0 Å². The molecule has 0 rings (SSSR count). The normalized spacial score (nSPS) is 12.0. The summed E-state index contributed by atoms with van der Waals surface area (Å²) in [5.74, 6) is 0. The largest absolute Gasteiger partial charge is 0.342 e. The summed E-state index contributed by atoms with van der Waals surface area (Å²) in [7, 11) is 0. The second kappa shape index (κ2) is 2.97. The van der Waals surface area contributed by atoms with Crippen LogP contribution in [0.25, 0.3) is 0 Å². The van der Waals surface area contributed by atoms with Crippen molar-refractivity contribution in [1.29, 1.82) is 0 Å². The Morgan fingerprint density at radius 2 is 1.88 bits per heavy atom. The Morgan fingerprint density at radius 3 is 2.00 bits per heavy atom. The van der Waals surface area contributed by atoms with Gasteiger partial charge in [-0.2, -0.15) is 0 Å². The van der Waals surface area contributed by atoms with E-state index in [0.29, 0.717) is 0 Å². The lowest BCUT2D eigenvalue weighted by molar-refractivity contribution is -0.0737. The molecule has 0 saturated heterocycles. The molecule has 8 heavy (non-hydrogen) atoms. The van der Waals surface area contributed by atoms with Crippen LogP contribution in [0.4, 0.5) is 8.78 Å². The minimum Gasteiger partial charge on any atom is -0.342 e. The first-order valence-corrected chi connectivity index (χ1v) is 2.38. The molecule has 0 aliphatic rings. The van der Waals surface area contributed by atoms with Crippen molar-refractivity contribution in [2.45, 2.75) is 19.4 Å². The van der Waals surface area contributed by atoms with Crippen LogP contribution in [0.3, 0.4) is 0 Å². The van der Waals surface area contributed by atoms with Crippen LogP contribution in [0.2, 0.25) is 0 Å². The minimum atomic E-state index is -0.950. The quantitative estimate of drug-likeness (QED) is 0.556. The van der Waals surface area contributed by atoms with Crippen LogP contribution in [-0.4, -0.2) is 19.1 Å². The summed E-state index contributed by atoms with van der Waals surface area (Å²) in [6.07, 6.45) is 0. The van der Waals surface area contributed by atoms with Crippen LogP contribution in [0.1, 0.15) is 13.8 Å². The Bertz CT molecular complexity index is 63.4. The molecule has 0 aromatic carbocycles. The van der Waals surface area contributed by atoms with Gasteiger partial charge in [0.05, 0.1) is 5.60 Å². The van der Waals surface area contributed by atoms with E-state index in [1.165, 1.54) is 13.8 Å². The van der Waals surface area contributed by atoms with Crippen molar-refractivity contribution in [2.24, 2.45) is 0 Å². The first-order valence-electron chi connectivity index (χ1n) is 2.38. The molecule has 0 unspecified atom stereocenters. The summed E-state index contributed by atoms with van der Waals surface area (Å²) in [6, 6.07) is 0. The number of halogens is 2. The SMILES string of the molecule is CC(C)(CF)OCF. The molecule has 0 bridgehead atoms. The van der Waals surface area contributed by atoms with Crippen molar-refractivity contribution < 1.29 is 13.5 Å². The highest BCUT2D eigenvalue weighted by molar-refractivity contribution is 4.64. The summed E-state index contributed by atoms with van der Waals surface area (Å²) < 4.78 is 27.3. The standard InChI is InChI=1S/C5H10F2O/c1-5(2,3-6)8-4-7/h3-4H2,1-2H3. The van der Waals surface area contributed by atoms with E-state index < -0.39 is 19.1 Å². The number of hydrogen-bond donors (Lipinski definition) is 0. The fraction of sp³-hybridized carbons (Fsp3) is 1.00. The van der Waals surface area contributed by atoms with E-state index in [0.717, 1.165) is 0 Å². The van der Waals surface area contributed by atoms with Gasteiger partial charge in [0.25, 0.3) is 0 Å². The van der Waals surface area contributed by atoms with E-state index in [-0.39, 0.29) is 0 Å². The van der Waals surface area contributed by atoms with E-state index in [9.17, 15) is 8.78 Å². The molecule has 50 valence electrons. The molecule has 3 heteroatoms. The van der Waals surface area contributed by atoms with Crippen LogP contribution < -0.4 is 0 Å². The highest BCUT2D eigenvalue weighted by Crippen LogP contribution is 2.08. The molecular weight excluding hydrogens is 114 g/mol. The Labute approximate surface area is 47.6 Å². The highest BCUT2D eigenvalue weighted by Gasteiger charge is 2.16. The molecule has 0 aromatic rings. The first-order chi connectivity index (χ1) is 3.62. The van der Waals surface area contributed by atoms with Crippen LogP contribution in [0.5, 0.6) is 0 Å². The van der Waals surface area contributed by atoms with Gasteiger partial charge in [0.15, 0.2) is 6.86 Å². The summed E-state index contributed by atoms with van der Waals surface area (Å²) in [5.41, 5.74) is -0.950. The lowest BCUT2D eigenvalue weighted by Crippen LogP contribution is -2.26. The fourth-order valence-corrected chi connectivity index (χ4v) is 0.186. The average Bonchev–Trinajstić information content (AvgIpc) is 1.67. The smallest absolute Gasteiger partial charge is 0.189 e. The highest BCUT2D eigenvalue weighted by atomic mass is 19.1. The Balaban J connectivity index is 3.37. The van der Waals surface area contributed by atoms with E-state index in [2.05, 4.69) is 4.74 Å². The molecule has 0 fully saturated rings. The number of hydrogen-bond acceptors (Lipinski definition) is 1. The number of rotatable bonds is 3. The van der Waals surface area contributed by atoms with Gasteiger partial charge in [0, 0.05) is 0 Å². The third-order valence-corrected chi connectivity index (χ3v) is 0.767. The zero-order chi connectivity index (χ0) is 6.62. The maximum absolute atomic E-state index is 11.7. The zero-order valence-electron chi connectivity index (χ0n) is 5.08. The molecule has 0 aliphatic heterocycles. The Morgan fingerprint density at radius 1 is 1.38 bits per heavy atom. The van der Waals surface area contributed by atoms with E-state index in [1.54, 1.807) is 0 Å². The third-order valence-electron chi connectivity index (χ3n) is 0.767. The van der Waals surface area contributed by atoms with Crippen molar-refractivity contribution in [3.8, 4) is 0 Å². The molecule has 0 heterocycles. The molecular formula is C5H10F2O. The second-order valence-electron chi connectivity index (χ2n) is 2.15. The van der Waals surface area contributed by atoms with Gasteiger partial charge in [-0.05, 0) is 13.8 Å². The monoisotopic (exact) mass is 124 g/mol. The van der Waals surface area contributed by atoms with Crippen LogP contribution in [0, 0.1) is 0 Å². The van der Waals surface area contributed by atoms with E-state index >= 15 is 0 Å². The van der Waals surface area contributed by atoms with Gasteiger partial charge in [-0.15, -0.1) is 0 Å². The van der Waals surface area contributed by atoms with Crippen molar-refractivity contribution in [2.75, 3.05) is 13.5 Å². The second-order valence-corrected chi connectivity index (χ2v) is 2.15. The van der Waals surface area contributed by atoms with Crippen molar-refractivity contribution in [3.63, 3.8) is 0 Å². The molecule has 0 aromatic heterocycles. The van der Waals surface area contributed by atoms with E-state index in [1.807, 2.05) is 0 Å². The van der Waals surface area contributed by atoms with Crippen LogP contribution in [-0.2, 0) is 4.74 Å². The summed E-state index contributed by atoms with van der Waals surface area (Å²) in [6.45, 7) is 1.41. The van der Waals surface area contributed by atoms with Gasteiger partial charge in [0.1, 0.15) is 6.67 Å². The van der Waals surface area contributed by atoms with Gasteiger partial charge in [-0.25, -0.2) is 8.78 Å². The number of alkyl halides is 2. The summed E-state index contributed by atoms with van der Waals surface area (Å²) >= 11 is 0. The maximum atomic E-state index is 11.7. The molecule has 0 amide bonds. The van der Waals surface area contributed by atoms with Crippen molar-refractivity contribution >= 4 is 0 Å². The lowest BCUT2D eigenvalue weighted by Gasteiger charge is -2.17. The van der Waals surface area contributed by atoms with E-state index in [4.69, 9.17) is 0 Å². The first kappa shape index (κ1) is 7.82. The molecule has 0 atom stereocenters. The van der Waals surface area contributed by atoms with Gasteiger partial charge < -0.3 is 4.74 Å². The molecule has 0 N–H and O–H groups in total. The van der Waals surface area contributed by atoms with Gasteiger partial charge in [-0.3, -0.25) is 0 Å². The van der Waals surface area contributed by atoms with Crippen LogP contribution in [0.15, 0.2) is 0 Å². The predicted molar refractivity (Wildman–Crippen MR) is 27.1 cm³/mol. The number of ether oxygens (including phenoxy) is 1. The fourth-order valence-electron chi connectivity index (χ4n) is 0.186. The predicted octanol–water partition coefficient (Wildman–Crippen LogP) is 1.68. The Kier molecular flexibility index (Phi) is 2.90. The van der Waals surface area contributed by atoms with Gasteiger partial charge >= 0.3 is 0 Å². The third kappa shape index (κ3) is 2.91. The van der Waals surface area contributed by atoms with Crippen LogP contribution >= 0.6 is 0 Å². The molecule has 1 nitrogen and oxygen atoms in total. The molecule has 0 saturated carbocycles. The molecule has 0 aliphatic carbocycles. The molecule has 0 spiro atoms. The maximum Gasteiger partial charge on any atom is 0.189 e. The average molecular weight is 124 g/mol. The minimum absolute atomic E-state index is 0.656. The van der Waals surface area contributed by atoms with Gasteiger partial charge in [0.2, 0.25) is 0 Å². The Hall–Kier alpha value is -0.180. The topological polar surface area (TPSA) is 9.23 Å². The zero-order valence-corrected chi connectivity index (χ0v) is 5.08. The summed E-state index contributed by atoms with van der Waals surface area (Å²) in [5, 5.41) is 0. The summed E-state index contributed by atoms with van der Waals surface area (Å²) in [4.78, 5) is 0. The molecule has 0 radical (unpaired) electrons. The lowest BCUT2D eigenvalue weighted by atomic mass is 10.2. The van der Waals surface area contributed by atoms with Gasteiger partial charge in [-0.1, -0.05) is 0 Å². The van der Waals surface area contributed by atoms with Crippen molar-refractivity contribution in [3.05, 3.63) is 0 Å².